The van der Waals surface area contributed by atoms with Crippen molar-refractivity contribution >= 4 is 11.7 Å². The Bertz CT molecular complexity index is 577. The predicted octanol–water partition coefficient (Wildman–Crippen LogP) is 6.93. The highest BCUT2D eigenvalue weighted by Gasteiger charge is 2.10. The topological polar surface area (TPSA) is 70.8 Å². The molecule has 0 aromatic heterocycles. The van der Waals surface area contributed by atoms with Crippen molar-refractivity contribution in [2.75, 3.05) is 32.7 Å². The van der Waals surface area contributed by atoms with Gasteiger partial charge in [0.05, 0.1) is 24.5 Å². The van der Waals surface area contributed by atoms with Crippen LogP contribution in [0.1, 0.15) is 107 Å². The molecule has 0 unspecified atom stereocenters. The van der Waals surface area contributed by atoms with Gasteiger partial charge in [-0.1, -0.05) is 90.4 Å². The SMILES string of the molecule is CCCCCCCCCCCCCCCCOc1cc(C(=O)OCCOC)ccc1N. The lowest BCUT2D eigenvalue weighted by atomic mass is 10.0. The van der Waals surface area contributed by atoms with Gasteiger partial charge >= 0.3 is 5.97 Å². The molecule has 0 aliphatic rings. The molecule has 0 aliphatic carbocycles. The van der Waals surface area contributed by atoms with Crippen LogP contribution < -0.4 is 10.5 Å². The zero-order chi connectivity index (χ0) is 22.6. The third-order valence-electron chi connectivity index (χ3n) is 5.53. The van der Waals surface area contributed by atoms with Crippen LogP contribution >= 0.6 is 0 Å². The van der Waals surface area contributed by atoms with Gasteiger partial charge in [0.1, 0.15) is 12.4 Å². The molecule has 0 spiro atoms. The van der Waals surface area contributed by atoms with Crippen molar-refractivity contribution in [2.45, 2.75) is 96.8 Å². The van der Waals surface area contributed by atoms with Crippen molar-refractivity contribution in [3.8, 4) is 5.75 Å². The van der Waals surface area contributed by atoms with E-state index in [1.165, 1.54) is 77.0 Å². The van der Waals surface area contributed by atoms with E-state index in [1.54, 1.807) is 25.3 Å². The van der Waals surface area contributed by atoms with Crippen LogP contribution in [0.25, 0.3) is 0 Å². The molecule has 0 aliphatic heterocycles. The monoisotopic (exact) mass is 435 g/mol. The number of anilines is 1. The Morgan fingerprint density at radius 2 is 1.32 bits per heavy atom. The number of rotatable bonds is 20. The van der Waals surface area contributed by atoms with E-state index in [0.29, 0.717) is 30.2 Å². The van der Waals surface area contributed by atoms with E-state index in [-0.39, 0.29) is 6.61 Å². The Morgan fingerprint density at radius 1 is 0.774 bits per heavy atom. The lowest BCUT2D eigenvalue weighted by Gasteiger charge is -2.11. The average Bonchev–Trinajstić information content (AvgIpc) is 2.77. The van der Waals surface area contributed by atoms with Crippen LogP contribution in [0.4, 0.5) is 5.69 Å². The molecule has 5 nitrogen and oxygen atoms in total. The number of ether oxygens (including phenoxy) is 3. The average molecular weight is 436 g/mol. The summed E-state index contributed by atoms with van der Waals surface area (Å²) in [6.07, 6.45) is 18.6. The van der Waals surface area contributed by atoms with Gasteiger partial charge in [0.15, 0.2) is 0 Å². The number of nitrogens with two attached hydrogens (primary N) is 1. The van der Waals surface area contributed by atoms with Gasteiger partial charge in [0, 0.05) is 7.11 Å². The van der Waals surface area contributed by atoms with Gasteiger partial charge in [0.2, 0.25) is 0 Å². The first-order valence-electron chi connectivity index (χ1n) is 12.4. The van der Waals surface area contributed by atoms with Gasteiger partial charge in [-0.15, -0.1) is 0 Å². The molecule has 0 saturated carbocycles. The molecular weight excluding hydrogens is 390 g/mol. The number of carbonyl (C=O) groups excluding carboxylic acids is 1. The normalized spacial score (nSPS) is 10.9. The maximum Gasteiger partial charge on any atom is 0.338 e. The van der Waals surface area contributed by atoms with Crippen molar-refractivity contribution in [3.05, 3.63) is 23.8 Å². The quantitative estimate of drug-likeness (QED) is 0.137. The number of carbonyl (C=O) groups is 1. The maximum atomic E-state index is 12.0. The standard InChI is InChI=1S/C26H45NO4/c1-3-4-5-6-7-8-9-10-11-12-13-14-15-16-19-30-25-22-23(17-18-24(25)27)26(28)31-21-20-29-2/h17-18,22H,3-16,19-21,27H2,1-2H3. The van der Waals surface area contributed by atoms with Crippen molar-refractivity contribution in [1.29, 1.82) is 0 Å². The van der Waals surface area contributed by atoms with Gasteiger partial charge in [-0.2, -0.15) is 0 Å². The molecule has 1 rings (SSSR count). The number of hydrogen-bond acceptors (Lipinski definition) is 5. The summed E-state index contributed by atoms with van der Waals surface area (Å²) in [6, 6.07) is 5.01. The fourth-order valence-corrected chi connectivity index (χ4v) is 3.57. The smallest absolute Gasteiger partial charge is 0.338 e. The Kier molecular flexibility index (Phi) is 16.7. The van der Waals surface area contributed by atoms with Gasteiger partial charge in [0.25, 0.3) is 0 Å². The van der Waals surface area contributed by atoms with Crippen LogP contribution in [0.2, 0.25) is 0 Å². The maximum absolute atomic E-state index is 12.0. The third kappa shape index (κ3) is 14.0. The highest BCUT2D eigenvalue weighted by atomic mass is 16.6. The lowest BCUT2D eigenvalue weighted by Crippen LogP contribution is -2.10. The third-order valence-corrected chi connectivity index (χ3v) is 5.53. The minimum absolute atomic E-state index is 0.231. The molecule has 1 aromatic carbocycles. The summed E-state index contributed by atoms with van der Waals surface area (Å²) in [6.45, 7) is 3.50. The molecule has 1 aromatic rings. The molecule has 0 fully saturated rings. The Hall–Kier alpha value is -1.75. The van der Waals surface area contributed by atoms with Gasteiger partial charge in [-0.05, 0) is 24.6 Å². The van der Waals surface area contributed by atoms with E-state index in [9.17, 15) is 4.79 Å². The molecule has 0 heterocycles. The highest BCUT2D eigenvalue weighted by Crippen LogP contribution is 2.24. The number of hydrogen-bond donors (Lipinski definition) is 1. The summed E-state index contributed by atoms with van der Waals surface area (Å²) in [5.74, 6) is 0.161. The fraction of sp³-hybridized carbons (Fsp3) is 0.731. The van der Waals surface area contributed by atoms with Crippen LogP contribution in [0.15, 0.2) is 18.2 Å². The van der Waals surface area contributed by atoms with E-state index in [0.717, 1.165) is 12.8 Å². The van der Waals surface area contributed by atoms with E-state index in [4.69, 9.17) is 19.9 Å². The number of benzene rings is 1. The predicted molar refractivity (Wildman–Crippen MR) is 129 cm³/mol. The van der Waals surface area contributed by atoms with Crippen LogP contribution in [0.5, 0.6) is 5.75 Å². The summed E-state index contributed by atoms with van der Waals surface area (Å²) in [5, 5.41) is 0. The molecule has 2 N–H and O–H groups in total. The minimum atomic E-state index is -0.390. The molecule has 5 heteroatoms. The Morgan fingerprint density at radius 3 is 1.87 bits per heavy atom. The first kappa shape index (κ1) is 27.3. The lowest BCUT2D eigenvalue weighted by molar-refractivity contribution is 0.0387. The molecule has 0 atom stereocenters. The second-order valence-electron chi connectivity index (χ2n) is 8.33. The van der Waals surface area contributed by atoms with Crippen LogP contribution in [-0.2, 0) is 9.47 Å². The Balaban J connectivity index is 2.04. The fourth-order valence-electron chi connectivity index (χ4n) is 3.57. The summed E-state index contributed by atoms with van der Waals surface area (Å²) < 4.78 is 15.8. The van der Waals surface area contributed by atoms with Crippen LogP contribution in [0, 0.1) is 0 Å². The molecule has 0 radical (unpaired) electrons. The van der Waals surface area contributed by atoms with Crippen molar-refractivity contribution in [3.63, 3.8) is 0 Å². The van der Waals surface area contributed by atoms with E-state index in [1.807, 2.05) is 0 Å². The summed E-state index contributed by atoms with van der Waals surface area (Å²) in [4.78, 5) is 12.0. The number of unbranched alkanes of at least 4 members (excludes halogenated alkanes) is 13. The molecule has 0 amide bonds. The van der Waals surface area contributed by atoms with Crippen molar-refractivity contribution in [1.82, 2.24) is 0 Å². The zero-order valence-electron chi connectivity index (χ0n) is 20.0. The van der Waals surface area contributed by atoms with E-state index >= 15 is 0 Å². The van der Waals surface area contributed by atoms with Gasteiger partial charge in [-0.25, -0.2) is 4.79 Å². The van der Waals surface area contributed by atoms with Crippen LogP contribution in [-0.4, -0.2) is 32.9 Å². The Labute approximate surface area is 190 Å². The summed E-state index contributed by atoms with van der Waals surface area (Å²) >= 11 is 0. The van der Waals surface area contributed by atoms with Crippen molar-refractivity contribution in [2.24, 2.45) is 0 Å². The van der Waals surface area contributed by atoms with Gasteiger partial charge < -0.3 is 19.9 Å². The first-order valence-corrected chi connectivity index (χ1v) is 12.4. The summed E-state index contributed by atoms with van der Waals surface area (Å²) in [5.41, 5.74) is 6.96. The van der Waals surface area contributed by atoms with Gasteiger partial charge in [-0.3, -0.25) is 0 Å². The molecule has 178 valence electrons. The highest BCUT2D eigenvalue weighted by molar-refractivity contribution is 5.90. The number of nitrogen functional groups attached to an aromatic ring is 1. The molecule has 0 bridgehead atoms. The second-order valence-corrected chi connectivity index (χ2v) is 8.33. The molecular formula is C26H45NO4. The van der Waals surface area contributed by atoms with Crippen LogP contribution in [0.3, 0.4) is 0 Å². The molecule has 31 heavy (non-hydrogen) atoms. The minimum Gasteiger partial charge on any atom is -0.491 e. The zero-order valence-corrected chi connectivity index (χ0v) is 20.0. The number of esters is 1. The second kappa shape index (κ2) is 19.0. The summed E-state index contributed by atoms with van der Waals surface area (Å²) in [7, 11) is 1.57. The van der Waals surface area contributed by atoms with E-state index < -0.39 is 5.97 Å². The largest absolute Gasteiger partial charge is 0.491 e. The van der Waals surface area contributed by atoms with Crippen molar-refractivity contribution < 1.29 is 19.0 Å². The van der Waals surface area contributed by atoms with E-state index in [2.05, 4.69) is 6.92 Å². The first-order chi connectivity index (χ1) is 15.2. The molecule has 0 saturated heterocycles. The number of methoxy groups -OCH3 is 1.